The number of hydrogen-bond acceptors (Lipinski definition) is 5. The lowest BCUT2D eigenvalue weighted by Crippen LogP contribution is -2.54. The van der Waals surface area contributed by atoms with Gasteiger partial charge in [0.1, 0.15) is 5.41 Å². The number of carbonyl (C=O) groups excluding carboxylic acids is 2. The van der Waals surface area contributed by atoms with E-state index in [4.69, 9.17) is 0 Å². The predicted octanol–water partition coefficient (Wildman–Crippen LogP) is 1.49. The quantitative estimate of drug-likeness (QED) is 0.742. The molecule has 1 aliphatic carbocycles. The summed E-state index contributed by atoms with van der Waals surface area (Å²) < 4.78 is 0. The molecule has 0 unspecified atom stereocenters. The summed E-state index contributed by atoms with van der Waals surface area (Å²) in [5.41, 5.74) is 1.69. The molecular weight excluding hydrogens is 366 g/mol. The molecular formula is C22H25N5O2. The average molecular weight is 391 g/mol. The summed E-state index contributed by atoms with van der Waals surface area (Å²) in [6, 6.07) is 10.1. The molecule has 0 N–H and O–H groups in total. The molecule has 0 bridgehead atoms. The van der Waals surface area contributed by atoms with E-state index in [0.717, 1.165) is 6.42 Å². The van der Waals surface area contributed by atoms with E-state index >= 15 is 0 Å². The minimum absolute atomic E-state index is 0.00925. The summed E-state index contributed by atoms with van der Waals surface area (Å²) in [6.07, 6.45) is 5.67. The number of fused-ring (bicyclic) bond motifs is 1. The summed E-state index contributed by atoms with van der Waals surface area (Å²) >= 11 is 0. The number of benzene rings is 1. The third-order valence-electron chi connectivity index (χ3n) is 6.39. The lowest BCUT2D eigenvalue weighted by atomic mass is 9.96. The average Bonchev–Trinajstić information content (AvgIpc) is 3.60. The maximum Gasteiger partial charge on any atom is 0.238 e. The van der Waals surface area contributed by atoms with E-state index < -0.39 is 5.41 Å². The first-order valence-electron chi connectivity index (χ1n) is 10.3. The van der Waals surface area contributed by atoms with Gasteiger partial charge < -0.3 is 14.7 Å². The highest BCUT2D eigenvalue weighted by Crippen LogP contribution is 2.49. The largest absolute Gasteiger partial charge is 0.338 e. The van der Waals surface area contributed by atoms with Crippen LogP contribution < -0.4 is 4.90 Å². The molecule has 29 heavy (non-hydrogen) atoms. The number of piperazine rings is 1. The molecule has 1 aromatic carbocycles. The van der Waals surface area contributed by atoms with Crippen molar-refractivity contribution in [2.24, 2.45) is 5.41 Å². The molecule has 7 nitrogen and oxygen atoms in total. The van der Waals surface area contributed by atoms with Crippen molar-refractivity contribution in [3.8, 4) is 0 Å². The van der Waals surface area contributed by atoms with E-state index in [9.17, 15) is 9.59 Å². The highest BCUT2D eigenvalue weighted by molar-refractivity contribution is 6.08. The number of rotatable bonds is 3. The van der Waals surface area contributed by atoms with Gasteiger partial charge in [0.05, 0.1) is 0 Å². The molecule has 3 aliphatic rings. The number of nitrogens with zero attached hydrogens (tertiary/aromatic N) is 5. The first kappa shape index (κ1) is 18.1. The highest BCUT2D eigenvalue weighted by Gasteiger charge is 2.59. The third-order valence-corrected chi connectivity index (χ3v) is 6.39. The monoisotopic (exact) mass is 391 g/mol. The van der Waals surface area contributed by atoms with Gasteiger partial charge in [-0.15, -0.1) is 0 Å². The Morgan fingerprint density at radius 1 is 0.793 bits per heavy atom. The molecule has 7 heteroatoms. The predicted molar refractivity (Wildman–Crippen MR) is 108 cm³/mol. The van der Waals surface area contributed by atoms with E-state index in [1.165, 1.54) is 11.1 Å². The standard InChI is InChI=1S/C22H25N5O2/c28-19(25-12-14-26(15-13-25)21-23-9-3-10-24-21)22(7-8-22)20(29)27-11-6-17-4-1-2-5-18(17)16-27/h1-5,9-10H,6-8,11-16H2. The van der Waals surface area contributed by atoms with Crippen molar-refractivity contribution in [3.05, 3.63) is 53.9 Å². The summed E-state index contributed by atoms with van der Waals surface area (Å²) in [5.74, 6) is 0.726. The third kappa shape index (κ3) is 3.24. The molecule has 5 rings (SSSR count). The molecule has 1 saturated heterocycles. The smallest absolute Gasteiger partial charge is 0.238 e. The molecule has 2 aromatic rings. The minimum Gasteiger partial charge on any atom is -0.338 e. The Bertz CT molecular complexity index is 920. The first-order chi connectivity index (χ1) is 14.2. The molecule has 150 valence electrons. The van der Waals surface area contributed by atoms with Gasteiger partial charge in [0, 0.05) is 51.7 Å². The van der Waals surface area contributed by atoms with Crippen LogP contribution in [0.5, 0.6) is 0 Å². The van der Waals surface area contributed by atoms with Crippen molar-refractivity contribution >= 4 is 17.8 Å². The highest BCUT2D eigenvalue weighted by atomic mass is 16.2. The van der Waals surface area contributed by atoms with Crippen LogP contribution in [-0.4, -0.2) is 64.3 Å². The Morgan fingerprint density at radius 3 is 2.14 bits per heavy atom. The first-order valence-corrected chi connectivity index (χ1v) is 10.3. The molecule has 2 aliphatic heterocycles. The van der Waals surface area contributed by atoms with Gasteiger partial charge >= 0.3 is 0 Å². The van der Waals surface area contributed by atoms with E-state index in [2.05, 4.69) is 27.0 Å². The van der Waals surface area contributed by atoms with Gasteiger partial charge in [-0.25, -0.2) is 9.97 Å². The molecule has 0 radical (unpaired) electrons. The number of anilines is 1. The number of aromatic nitrogens is 2. The van der Waals surface area contributed by atoms with Crippen LogP contribution in [0.15, 0.2) is 42.7 Å². The molecule has 0 spiro atoms. The maximum absolute atomic E-state index is 13.3. The van der Waals surface area contributed by atoms with Gasteiger partial charge in [0.25, 0.3) is 0 Å². The zero-order valence-electron chi connectivity index (χ0n) is 16.5. The fourth-order valence-electron chi connectivity index (χ4n) is 4.48. The summed E-state index contributed by atoms with van der Waals surface area (Å²) in [5, 5.41) is 0. The van der Waals surface area contributed by atoms with Crippen molar-refractivity contribution in [2.45, 2.75) is 25.8 Å². The van der Waals surface area contributed by atoms with Crippen molar-refractivity contribution in [1.82, 2.24) is 19.8 Å². The molecule has 2 amide bonds. The van der Waals surface area contributed by atoms with Gasteiger partial charge in [-0.3, -0.25) is 9.59 Å². The van der Waals surface area contributed by atoms with E-state index in [1.807, 2.05) is 21.9 Å². The second-order valence-corrected chi connectivity index (χ2v) is 8.16. The number of amides is 2. The Hall–Kier alpha value is -2.96. The van der Waals surface area contributed by atoms with Crippen molar-refractivity contribution in [3.63, 3.8) is 0 Å². The second kappa shape index (κ2) is 7.13. The van der Waals surface area contributed by atoms with Gasteiger partial charge in [-0.05, 0) is 36.5 Å². The Morgan fingerprint density at radius 2 is 1.45 bits per heavy atom. The van der Waals surface area contributed by atoms with Crippen LogP contribution >= 0.6 is 0 Å². The zero-order valence-corrected chi connectivity index (χ0v) is 16.5. The van der Waals surface area contributed by atoms with Gasteiger partial charge in [0.2, 0.25) is 17.8 Å². The van der Waals surface area contributed by atoms with Crippen LogP contribution in [0.1, 0.15) is 24.0 Å². The molecule has 1 saturated carbocycles. The molecule has 2 fully saturated rings. The van der Waals surface area contributed by atoms with Crippen LogP contribution in [-0.2, 0) is 22.6 Å². The van der Waals surface area contributed by atoms with E-state index in [0.29, 0.717) is 58.1 Å². The van der Waals surface area contributed by atoms with Crippen LogP contribution in [0.2, 0.25) is 0 Å². The Labute approximate surface area is 170 Å². The lowest BCUT2D eigenvalue weighted by Gasteiger charge is -2.38. The summed E-state index contributed by atoms with van der Waals surface area (Å²) in [6.45, 7) is 3.91. The van der Waals surface area contributed by atoms with Gasteiger partial charge in [-0.1, -0.05) is 24.3 Å². The van der Waals surface area contributed by atoms with E-state index in [-0.39, 0.29) is 11.8 Å². The molecule has 0 atom stereocenters. The van der Waals surface area contributed by atoms with Crippen molar-refractivity contribution < 1.29 is 9.59 Å². The molecule has 3 heterocycles. The van der Waals surface area contributed by atoms with Gasteiger partial charge in [0.15, 0.2) is 0 Å². The normalized spacial score (nSPS) is 20.2. The topological polar surface area (TPSA) is 69.6 Å². The number of hydrogen-bond donors (Lipinski definition) is 0. The number of carbonyl (C=O) groups is 2. The maximum atomic E-state index is 13.3. The fourth-order valence-corrected chi connectivity index (χ4v) is 4.48. The summed E-state index contributed by atoms with van der Waals surface area (Å²) in [4.78, 5) is 41.0. The van der Waals surface area contributed by atoms with E-state index in [1.54, 1.807) is 18.5 Å². The van der Waals surface area contributed by atoms with Crippen LogP contribution in [0.3, 0.4) is 0 Å². The van der Waals surface area contributed by atoms with Crippen LogP contribution in [0.25, 0.3) is 0 Å². The van der Waals surface area contributed by atoms with Crippen molar-refractivity contribution in [1.29, 1.82) is 0 Å². The van der Waals surface area contributed by atoms with Gasteiger partial charge in [-0.2, -0.15) is 0 Å². The Kier molecular flexibility index (Phi) is 4.45. The SMILES string of the molecule is O=C(N1CCN(c2ncccn2)CC1)C1(C(=O)N2CCc3ccccc3C2)CC1. The zero-order chi connectivity index (χ0) is 19.8. The van der Waals surface area contributed by atoms with Crippen molar-refractivity contribution in [2.75, 3.05) is 37.6 Å². The lowest BCUT2D eigenvalue weighted by molar-refractivity contribution is -0.150. The molecule has 1 aromatic heterocycles. The Balaban J connectivity index is 1.24. The summed E-state index contributed by atoms with van der Waals surface area (Å²) in [7, 11) is 0. The fraction of sp³-hybridized carbons (Fsp3) is 0.455. The van der Waals surface area contributed by atoms with Crippen LogP contribution in [0, 0.1) is 5.41 Å². The minimum atomic E-state index is -0.822. The van der Waals surface area contributed by atoms with Crippen LogP contribution in [0.4, 0.5) is 5.95 Å². The second-order valence-electron chi connectivity index (χ2n) is 8.16.